The van der Waals surface area contributed by atoms with E-state index in [9.17, 15) is 18.0 Å². The number of anilines is 2. The van der Waals surface area contributed by atoms with Gasteiger partial charge in [0.15, 0.2) is 6.10 Å². The number of morpholine rings is 2. The second kappa shape index (κ2) is 12.3. The van der Waals surface area contributed by atoms with Crippen molar-refractivity contribution >= 4 is 39.4 Å². The molecule has 0 spiro atoms. The summed E-state index contributed by atoms with van der Waals surface area (Å²) in [6.45, 7) is 5.92. The minimum Gasteiger partial charge on any atom is -0.449 e. The number of esters is 1. The molecule has 0 bridgehead atoms. The van der Waals surface area contributed by atoms with E-state index in [2.05, 4.69) is 10.2 Å². The number of hydrogen-bond acceptors (Lipinski definition) is 8. The lowest BCUT2D eigenvalue weighted by Crippen LogP contribution is -2.40. The van der Waals surface area contributed by atoms with E-state index in [4.69, 9.17) is 14.2 Å². The van der Waals surface area contributed by atoms with Gasteiger partial charge in [0.2, 0.25) is 10.0 Å². The molecule has 0 aliphatic carbocycles. The molecule has 0 saturated carbocycles. The fraction of sp³-hybridized carbons (Fsp3) is 0.385. The number of sulfonamides is 1. The molecule has 0 radical (unpaired) electrons. The van der Waals surface area contributed by atoms with Crippen molar-refractivity contribution in [3.63, 3.8) is 0 Å². The van der Waals surface area contributed by atoms with Crippen LogP contribution >= 0.6 is 0 Å². The number of nitrogens with zero attached hydrogens (tertiary/aromatic N) is 2. The highest BCUT2D eigenvalue weighted by Crippen LogP contribution is 2.20. The molecule has 37 heavy (non-hydrogen) atoms. The SMILES string of the molecule is C[C@H](OC(=O)/C=C/c1ccc(S(=O)(=O)N2CCOCC2)cc1)C(=O)Nc1ccc(N2CCOCC2)cc1. The second-order valence-corrected chi connectivity index (χ2v) is 10.6. The van der Waals surface area contributed by atoms with Crippen molar-refractivity contribution in [3.8, 4) is 0 Å². The van der Waals surface area contributed by atoms with E-state index in [-0.39, 0.29) is 4.90 Å². The molecule has 2 saturated heterocycles. The Kier molecular flexibility index (Phi) is 8.93. The average Bonchev–Trinajstić information content (AvgIpc) is 2.93. The molecule has 2 aliphatic rings. The summed E-state index contributed by atoms with van der Waals surface area (Å²) >= 11 is 0. The van der Waals surface area contributed by atoms with Gasteiger partial charge in [0, 0.05) is 43.6 Å². The van der Waals surface area contributed by atoms with Crippen LogP contribution in [0.2, 0.25) is 0 Å². The van der Waals surface area contributed by atoms with Gasteiger partial charge in [0.1, 0.15) is 0 Å². The number of ether oxygens (including phenoxy) is 3. The Bertz CT molecular complexity index is 1200. The van der Waals surface area contributed by atoms with E-state index in [0.717, 1.165) is 18.8 Å². The van der Waals surface area contributed by atoms with Gasteiger partial charge in [-0.2, -0.15) is 4.31 Å². The van der Waals surface area contributed by atoms with Gasteiger partial charge in [-0.15, -0.1) is 0 Å². The standard InChI is InChI=1S/C26H31N3O7S/c1-20(26(31)27-22-5-7-23(8-6-22)28-12-16-34-17-13-28)36-25(30)11-4-21-2-9-24(10-3-21)37(32,33)29-14-18-35-19-15-29/h2-11,20H,12-19H2,1H3,(H,27,31)/b11-4+/t20-/m0/s1. The zero-order valence-electron chi connectivity index (χ0n) is 20.7. The smallest absolute Gasteiger partial charge is 0.331 e. The summed E-state index contributed by atoms with van der Waals surface area (Å²) in [6.07, 6.45) is 1.70. The molecule has 1 amide bonds. The molecule has 10 nitrogen and oxygen atoms in total. The van der Waals surface area contributed by atoms with Crippen LogP contribution in [0.15, 0.2) is 59.5 Å². The summed E-state index contributed by atoms with van der Waals surface area (Å²) in [6, 6.07) is 13.7. The monoisotopic (exact) mass is 529 g/mol. The molecule has 1 atom stereocenters. The van der Waals surface area contributed by atoms with E-state index in [0.29, 0.717) is 50.8 Å². The molecule has 0 aromatic heterocycles. The summed E-state index contributed by atoms with van der Waals surface area (Å²) in [7, 11) is -3.58. The zero-order valence-corrected chi connectivity index (χ0v) is 21.5. The van der Waals surface area contributed by atoms with Gasteiger partial charge in [0.25, 0.3) is 5.91 Å². The van der Waals surface area contributed by atoms with E-state index in [1.807, 2.05) is 12.1 Å². The van der Waals surface area contributed by atoms with Gasteiger partial charge in [-0.1, -0.05) is 12.1 Å². The van der Waals surface area contributed by atoms with Gasteiger partial charge in [-0.25, -0.2) is 13.2 Å². The Balaban J connectivity index is 1.26. The lowest BCUT2D eigenvalue weighted by molar-refractivity contribution is -0.148. The van der Waals surface area contributed by atoms with Crippen molar-refractivity contribution in [2.75, 3.05) is 62.8 Å². The van der Waals surface area contributed by atoms with Gasteiger partial charge >= 0.3 is 5.97 Å². The third kappa shape index (κ3) is 7.16. The summed E-state index contributed by atoms with van der Waals surface area (Å²) in [5.41, 5.74) is 2.28. The minimum atomic E-state index is -3.58. The Morgan fingerprint density at radius 3 is 2.14 bits per heavy atom. The fourth-order valence-electron chi connectivity index (χ4n) is 3.94. The largest absolute Gasteiger partial charge is 0.449 e. The maximum Gasteiger partial charge on any atom is 0.331 e. The van der Waals surface area contributed by atoms with E-state index < -0.39 is 28.0 Å². The molecular formula is C26H31N3O7S. The molecule has 11 heteroatoms. The molecule has 1 N–H and O–H groups in total. The number of carbonyl (C=O) groups excluding carboxylic acids is 2. The van der Waals surface area contributed by atoms with Crippen molar-refractivity contribution in [1.82, 2.24) is 4.31 Å². The average molecular weight is 530 g/mol. The third-order valence-electron chi connectivity index (χ3n) is 6.07. The van der Waals surface area contributed by atoms with Crippen molar-refractivity contribution in [2.24, 2.45) is 0 Å². The molecule has 2 aromatic carbocycles. The van der Waals surface area contributed by atoms with Crippen LogP contribution in [0.25, 0.3) is 6.08 Å². The normalized spacial score (nSPS) is 17.9. The highest BCUT2D eigenvalue weighted by Gasteiger charge is 2.26. The van der Waals surface area contributed by atoms with Crippen molar-refractivity contribution in [2.45, 2.75) is 17.9 Å². The Hall–Kier alpha value is -3.25. The van der Waals surface area contributed by atoms with Crippen LogP contribution in [0, 0.1) is 0 Å². The number of nitrogens with one attached hydrogen (secondary N) is 1. The maximum atomic E-state index is 12.7. The van der Waals surface area contributed by atoms with Crippen LogP contribution in [0.3, 0.4) is 0 Å². The zero-order chi connectivity index (χ0) is 26.3. The van der Waals surface area contributed by atoms with Crippen LogP contribution in [-0.4, -0.2) is 83.3 Å². The van der Waals surface area contributed by atoms with Crippen molar-refractivity contribution in [1.29, 1.82) is 0 Å². The Morgan fingerprint density at radius 1 is 0.919 bits per heavy atom. The summed E-state index contributed by atoms with van der Waals surface area (Å²) in [5.74, 6) is -1.13. The molecule has 198 valence electrons. The fourth-order valence-corrected chi connectivity index (χ4v) is 5.35. The molecule has 0 unspecified atom stereocenters. The first-order chi connectivity index (χ1) is 17.8. The van der Waals surface area contributed by atoms with Crippen LogP contribution < -0.4 is 10.2 Å². The molecule has 2 aromatic rings. The molecular weight excluding hydrogens is 498 g/mol. The van der Waals surface area contributed by atoms with Gasteiger partial charge in [0.05, 0.1) is 31.3 Å². The second-order valence-electron chi connectivity index (χ2n) is 8.63. The van der Waals surface area contributed by atoms with E-state index in [1.54, 1.807) is 24.3 Å². The van der Waals surface area contributed by atoms with Crippen LogP contribution in [0.1, 0.15) is 12.5 Å². The van der Waals surface area contributed by atoms with Crippen molar-refractivity contribution in [3.05, 3.63) is 60.2 Å². The maximum absolute atomic E-state index is 12.7. The molecule has 2 heterocycles. The highest BCUT2D eigenvalue weighted by molar-refractivity contribution is 7.89. The van der Waals surface area contributed by atoms with E-state index >= 15 is 0 Å². The summed E-state index contributed by atoms with van der Waals surface area (Å²) in [4.78, 5) is 27.1. The number of carbonyl (C=O) groups is 2. The summed E-state index contributed by atoms with van der Waals surface area (Å²) < 4.78 is 42.6. The number of amides is 1. The topological polar surface area (TPSA) is 114 Å². The molecule has 2 aliphatic heterocycles. The van der Waals surface area contributed by atoms with Crippen LogP contribution in [-0.2, 0) is 33.8 Å². The van der Waals surface area contributed by atoms with Gasteiger partial charge < -0.3 is 24.4 Å². The van der Waals surface area contributed by atoms with Gasteiger partial charge in [-0.05, 0) is 55.0 Å². The first-order valence-electron chi connectivity index (χ1n) is 12.1. The number of hydrogen-bond donors (Lipinski definition) is 1. The summed E-state index contributed by atoms with van der Waals surface area (Å²) in [5, 5.41) is 2.75. The Morgan fingerprint density at radius 2 is 1.51 bits per heavy atom. The third-order valence-corrected chi connectivity index (χ3v) is 7.99. The van der Waals surface area contributed by atoms with Gasteiger partial charge in [-0.3, -0.25) is 4.79 Å². The van der Waals surface area contributed by atoms with Crippen LogP contribution in [0.5, 0.6) is 0 Å². The predicted molar refractivity (Wildman–Crippen MR) is 139 cm³/mol. The number of benzene rings is 2. The first kappa shape index (κ1) is 26.8. The predicted octanol–water partition coefficient (Wildman–Crippen LogP) is 2.13. The minimum absolute atomic E-state index is 0.178. The quantitative estimate of drug-likeness (QED) is 0.409. The Labute approximate surface area is 216 Å². The highest BCUT2D eigenvalue weighted by atomic mass is 32.2. The molecule has 2 fully saturated rings. The first-order valence-corrected chi connectivity index (χ1v) is 13.6. The molecule has 4 rings (SSSR count). The lowest BCUT2D eigenvalue weighted by Gasteiger charge is -2.28. The van der Waals surface area contributed by atoms with E-state index in [1.165, 1.54) is 35.5 Å². The lowest BCUT2D eigenvalue weighted by atomic mass is 10.2. The number of rotatable bonds is 8. The van der Waals surface area contributed by atoms with Crippen LogP contribution in [0.4, 0.5) is 11.4 Å². The van der Waals surface area contributed by atoms with Crippen molar-refractivity contribution < 1.29 is 32.2 Å².